The number of thioether (sulfide) groups is 1. The highest BCUT2D eigenvalue weighted by Crippen LogP contribution is 2.23. The van der Waals surface area contributed by atoms with Crippen molar-refractivity contribution in [1.82, 2.24) is 4.90 Å². The molecule has 6 nitrogen and oxygen atoms in total. The number of nitrogens with zero attached hydrogens (tertiary/aromatic N) is 2. The van der Waals surface area contributed by atoms with E-state index in [0.29, 0.717) is 17.7 Å². The van der Waals surface area contributed by atoms with Crippen molar-refractivity contribution in [2.45, 2.75) is 18.6 Å². The van der Waals surface area contributed by atoms with E-state index in [9.17, 15) is 19.7 Å². The standard InChI is InChI=1S/C19H18N2O4S/c22-18-16-5-1-2-6-17(16)19(23)20(18)11-3-4-12-26-13-14-7-9-15(10-8-14)21(24)25/h1-2,5-10H,3-4,11-13H2. The summed E-state index contributed by atoms with van der Waals surface area (Å²) in [6, 6.07) is 13.5. The molecule has 0 N–H and O–H groups in total. The minimum absolute atomic E-state index is 0.0969. The first kappa shape index (κ1) is 18.1. The van der Waals surface area contributed by atoms with E-state index >= 15 is 0 Å². The van der Waals surface area contributed by atoms with E-state index in [1.165, 1.54) is 17.0 Å². The third-order valence-electron chi connectivity index (χ3n) is 4.21. The second kappa shape index (κ2) is 8.14. The van der Waals surface area contributed by atoms with E-state index in [1.54, 1.807) is 48.2 Å². The maximum Gasteiger partial charge on any atom is 0.269 e. The number of imide groups is 1. The number of nitro benzene ring substituents is 1. The fourth-order valence-electron chi connectivity index (χ4n) is 2.82. The summed E-state index contributed by atoms with van der Waals surface area (Å²) in [5.74, 6) is 1.28. The Morgan fingerprint density at radius 1 is 0.923 bits per heavy atom. The molecule has 0 unspecified atom stereocenters. The number of hydrogen-bond donors (Lipinski definition) is 0. The van der Waals surface area contributed by atoms with E-state index in [0.717, 1.165) is 29.9 Å². The second-order valence-corrected chi connectivity index (χ2v) is 7.10. The number of carbonyl (C=O) groups excluding carboxylic acids is 2. The van der Waals surface area contributed by atoms with Gasteiger partial charge in [-0.2, -0.15) is 11.8 Å². The Hall–Kier alpha value is -2.67. The van der Waals surface area contributed by atoms with E-state index in [2.05, 4.69) is 0 Å². The topological polar surface area (TPSA) is 80.5 Å². The molecule has 0 fully saturated rings. The summed E-state index contributed by atoms with van der Waals surface area (Å²) in [4.78, 5) is 36.0. The molecule has 2 aromatic rings. The van der Waals surface area contributed by atoms with Crippen LogP contribution in [0.15, 0.2) is 48.5 Å². The van der Waals surface area contributed by atoms with Crippen LogP contribution in [0.5, 0.6) is 0 Å². The third kappa shape index (κ3) is 3.94. The van der Waals surface area contributed by atoms with Crippen LogP contribution in [-0.4, -0.2) is 33.9 Å². The number of amides is 2. The van der Waals surface area contributed by atoms with Crippen molar-refractivity contribution < 1.29 is 14.5 Å². The highest BCUT2D eigenvalue weighted by molar-refractivity contribution is 7.98. The molecule has 0 radical (unpaired) electrons. The molecule has 2 aromatic carbocycles. The van der Waals surface area contributed by atoms with Crippen molar-refractivity contribution in [3.8, 4) is 0 Å². The SMILES string of the molecule is O=C1c2ccccc2C(=O)N1CCCCSCc1ccc([N+](=O)[O-])cc1. The zero-order valence-electron chi connectivity index (χ0n) is 14.1. The average Bonchev–Trinajstić information content (AvgIpc) is 2.90. The lowest BCUT2D eigenvalue weighted by atomic mass is 10.1. The Labute approximate surface area is 155 Å². The summed E-state index contributed by atoms with van der Waals surface area (Å²) < 4.78 is 0. The monoisotopic (exact) mass is 370 g/mol. The van der Waals surface area contributed by atoms with Gasteiger partial charge in [0.1, 0.15) is 0 Å². The summed E-state index contributed by atoms with van der Waals surface area (Å²) in [6.45, 7) is 0.435. The molecular formula is C19H18N2O4S. The summed E-state index contributed by atoms with van der Waals surface area (Å²) in [5, 5.41) is 10.6. The van der Waals surface area contributed by atoms with Gasteiger partial charge in [0.05, 0.1) is 16.1 Å². The van der Waals surface area contributed by atoms with Gasteiger partial charge in [-0.15, -0.1) is 0 Å². The quantitative estimate of drug-likeness (QED) is 0.305. The molecule has 26 heavy (non-hydrogen) atoms. The van der Waals surface area contributed by atoms with E-state index in [1.807, 2.05) is 0 Å². The van der Waals surface area contributed by atoms with Crippen LogP contribution in [0, 0.1) is 10.1 Å². The lowest BCUT2D eigenvalue weighted by Gasteiger charge is -2.13. The van der Waals surface area contributed by atoms with Crippen molar-refractivity contribution in [3.63, 3.8) is 0 Å². The molecule has 3 rings (SSSR count). The van der Waals surface area contributed by atoms with Crippen molar-refractivity contribution in [2.75, 3.05) is 12.3 Å². The lowest BCUT2D eigenvalue weighted by molar-refractivity contribution is -0.384. The van der Waals surface area contributed by atoms with Crippen LogP contribution >= 0.6 is 11.8 Å². The summed E-state index contributed by atoms with van der Waals surface area (Å²) >= 11 is 1.73. The molecule has 0 bridgehead atoms. The summed E-state index contributed by atoms with van der Waals surface area (Å²) in [7, 11) is 0. The maximum absolute atomic E-state index is 12.2. The number of benzene rings is 2. The van der Waals surface area contributed by atoms with Crippen molar-refractivity contribution >= 4 is 29.3 Å². The smallest absolute Gasteiger partial charge is 0.269 e. The van der Waals surface area contributed by atoms with Crippen LogP contribution in [0.3, 0.4) is 0 Å². The molecule has 1 heterocycles. The van der Waals surface area contributed by atoms with Crippen molar-refractivity contribution in [3.05, 3.63) is 75.3 Å². The number of carbonyl (C=O) groups is 2. The molecule has 1 aliphatic heterocycles. The molecule has 0 aliphatic carbocycles. The van der Waals surface area contributed by atoms with Crippen LogP contribution < -0.4 is 0 Å². The summed E-state index contributed by atoms with van der Waals surface area (Å²) in [5.41, 5.74) is 2.12. The molecule has 7 heteroatoms. The number of hydrogen-bond acceptors (Lipinski definition) is 5. The van der Waals surface area contributed by atoms with Crippen LogP contribution in [0.1, 0.15) is 39.1 Å². The number of nitro groups is 1. The van der Waals surface area contributed by atoms with Gasteiger partial charge in [0.15, 0.2) is 0 Å². The van der Waals surface area contributed by atoms with Crippen LogP contribution in [-0.2, 0) is 5.75 Å². The molecule has 2 amide bonds. The van der Waals surface area contributed by atoms with Crippen LogP contribution in [0.25, 0.3) is 0 Å². The van der Waals surface area contributed by atoms with Gasteiger partial charge in [0.25, 0.3) is 17.5 Å². The Morgan fingerprint density at radius 2 is 1.54 bits per heavy atom. The zero-order valence-corrected chi connectivity index (χ0v) is 14.9. The van der Waals surface area contributed by atoms with Gasteiger partial charge in [0.2, 0.25) is 0 Å². The highest BCUT2D eigenvalue weighted by atomic mass is 32.2. The van der Waals surface area contributed by atoms with E-state index in [4.69, 9.17) is 0 Å². The van der Waals surface area contributed by atoms with E-state index in [-0.39, 0.29) is 17.5 Å². The van der Waals surface area contributed by atoms with Crippen LogP contribution in [0.2, 0.25) is 0 Å². The van der Waals surface area contributed by atoms with Crippen molar-refractivity contribution in [1.29, 1.82) is 0 Å². The fourth-order valence-corrected chi connectivity index (χ4v) is 3.80. The molecule has 0 saturated heterocycles. The minimum atomic E-state index is -0.407. The predicted octanol–water partition coefficient (Wildman–Crippen LogP) is 3.90. The van der Waals surface area contributed by atoms with Gasteiger partial charge < -0.3 is 0 Å². The average molecular weight is 370 g/mol. The van der Waals surface area contributed by atoms with E-state index < -0.39 is 4.92 Å². The first-order valence-electron chi connectivity index (χ1n) is 8.34. The normalized spacial score (nSPS) is 13.2. The molecule has 0 saturated carbocycles. The molecule has 0 atom stereocenters. The molecular weight excluding hydrogens is 352 g/mol. The molecule has 0 aromatic heterocycles. The largest absolute Gasteiger partial charge is 0.274 e. The lowest BCUT2D eigenvalue weighted by Crippen LogP contribution is -2.30. The number of fused-ring (bicyclic) bond motifs is 1. The van der Waals surface area contributed by atoms with Gasteiger partial charge in [-0.3, -0.25) is 24.6 Å². The zero-order chi connectivity index (χ0) is 18.5. The Morgan fingerprint density at radius 3 is 2.12 bits per heavy atom. The second-order valence-electron chi connectivity index (χ2n) is 5.99. The summed E-state index contributed by atoms with van der Waals surface area (Å²) in [6.07, 6.45) is 1.66. The van der Waals surface area contributed by atoms with Crippen molar-refractivity contribution in [2.24, 2.45) is 0 Å². The van der Waals surface area contributed by atoms with Gasteiger partial charge >= 0.3 is 0 Å². The first-order valence-corrected chi connectivity index (χ1v) is 9.49. The number of rotatable bonds is 8. The van der Waals surface area contributed by atoms with Gasteiger partial charge in [-0.1, -0.05) is 24.3 Å². The van der Waals surface area contributed by atoms with Gasteiger partial charge in [0, 0.05) is 24.4 Å². The molecule has 134 valence electrons. The Balaban J connectivity index is 1.38. The molecule has 1 aliphatic rings. The maximum atomic E-state index is 12.2. The predicted molar refractivity (Wildman–Crippen MR) is 100 cm³/mol. The van der Waals surface area contributed by atoms with Gasteiger partial charge in [-0.25, -0.2) is 0 Å². The third-order valence-corrected chi connectivity index (χ3v) is 5.33. The first-order chi connectivity index (χ1) is 12.6. The number of non-ortho nitro benzene ring substituents is 1. The highest BCUT2D eigenvalue weighted by Gasteiger charge is 2.34. The minimum Gasteiger partial charge on any atom is -0.274 e. The van der Waals surface area contributed by atoms with Gasteiger partial charge in [-0.05, 0) is 36.3 Å². The Kier molecular flexibility index (Phi) is 5.68. The Bertz CT molecular complexity index is 801. The number of unbranched alkanes of at least 4 members (excludes halogenated alkanes) is 1. The fraction of sp³-hybridized carbons (Fsp3) is 0.263. The molecule has 0 spiro atoms. The van der Waals surface area contributed by atoms with Crippen LogP contribution in [0.4, 0.5) is 5.69 Å².